The zero-order chi connectivity index (χ0) is 65.5. The number of nitrogens with one attached hydrogen (secondary N) is 6. The van der Waals surface area contributed by atoms with Gasteiger partial charge in [-0.3, -0.25) is 4.40 Å². The fourth-order valence-corrected chi connectivity index (χ4v) is 17.9. The molecule has 3 aliphatic carbocycles. The second-order valence-electron chi connectivity index (χ2n) is 29.5. The molecule has 0 bridgehead atoms. The number of ether oxygens (including phenoxy) is 5. The standard InChI is InChI=1S/C20H26N4O.C19H25N5O.C19H24N4O.C18H22N4O2/c1-24-16-12-22-19-17(15(11-21-19)13-7-9-25-10-8-13)18(16)23-20(24)14-5-3-2-4-6-14;20-13-3-1-12(2-4-13)18-23-15-10-22-19-16(17(15)24-18)14(9-21-19)11-5-7-25-8-6-11;1-2-4-13(5-3-1)18-22-15-11-21-19-16(17(15)23-18)14(10-20-19)12-6-8-24-9-7-12;1-5-23-6-2-12(1)14-9-19-18-17(14)22-11-15(21-16(22)10-20-18)13-3-7-24-8-4-13/h11-14H,2-10H2,1H3,(H,21,22);9-13H,1-8,20H2,(H,21,22)(H,23,24);10-13H,1-9H2,(H,20,21)(H,22,23);9-13,19H,1-8H2. The third kappa shape index (κ3) is 12.7. The normalized spacial score (nSPS) is 22.1. The summed E-state index contributed by atoms with van der Waals surface area (Å²) in [6, 6.07) is 0.360. The van der Waals surface area contributed by atoms with E-state index in [1.807, 2.05) is 24.8 Å². The molecule has 8 aliphatic rings. The first-order valence-electron chi connectivity index (χ1n) is 37.4. The van der Waals surface area contributed by atoms with Crippen LogP contribution in [0.2, 0.25) is 0 Å². The van der Waals surface area contributed by atoms with Crippen LogP contribution in [0.25, 0.3) is 83.0 Å². The summed E-state index contributed by atoms with van der Waals surface area (Å²) in [5, 5.41) is 3.65. The average Bonchev–Trinajstić information content (AvgIpc) is 1.64. The highest BCUT2D eigenvalue weighted by Crippen LogP contribution is 2.43. The van der Waals surface area contributed by atoms with Gasteiger partial charge < -0.3 is 63.9 Å². The van der Waals surface area contributed by atoms with Crippen LogP contribution in [-0.4, -0.2) is 151 Å². The second kappa shape index (κ2) is 28.6. The Morgan fingerprint density at radius 3 is 1.30 bits per heavy atom. The smallest absolute Gasteiger partial charge is 0.156 e. The van der Waals surface area contributed by atoms with Crippen molar-refractivity contribution in [1.82, 2.24) is 78.7 Å². The van der Waals surface area contributed by atoms with Crippen molar-refractivity contribution in [1.29, 1.82) is 0 Å². The summed E-state index contributed by atoms with van der Waals surface area (Å²) in [5.74, 6) is 7.88. The highest BCUT2D eigenvalue weighted by atomic mass is 16.5. The first-order valence-corrected chi connectivity index (χ1v) is 37.4. The van der Waals surface area contributed by atoms with E-state index in [2.05, 4.69) is 91.9 Å². The van der Waals surface area contributed by atoms with Gasteiger partial charge in [-0.25, -0.2) is 39.9 Å². The Labute approximate surface area is 570 Å². The lowest BCUT2D eigenvalue weighted by Gasteiger charge is -2.24. The summed E-state index contributed by atoms with van der Waals surface area (Å²) in [6.45, 7) is 8.48. The summed E-state index contributed by atoms with van der Waals surface area (Å²) >= 11 is 0. The minimum atomic E-state index is 0.360. The van der Waals surface area contributed by atoms with Gasteiger partial charge >= 0.3 is 0 Å². The molecular formula is C76H97N17O5. The van der Waals surface area contributed by atoms with Gasteiger partial charge in [0.25, 0.3) is 0 Å². The number of H-pyrrole nitrogens is 6. The monoisotopic (exact) mass is 1330 g/mol. The number of aryl methyl sites for hydroxylation is 1. The third-order valence-electron chi connectivity index (χ3n) is 23.6. The molecule has 3 saturated carbocycles. The van der Waals surface area contributed by atoms with Crippen LogP contribution in [0.1, 0.15) is 247 Å². The first kappa shape index (κ1) is 63.8. The Morgan fingerprint density at radius 1 is 0.388 bits per heavy atom. The Morgan fingerprint density at radius 2 is 0.796 bits per heavy atom. The van der Waals surface area contributed by atoms with Crippen molar-refractivity contribution in [3.63, 3.8) is 0 Å². The maximum atomic E-state index is 6.06. The van der Waals surface area contributed by atoms with E-state index in [4.69, 9.17) is 54.3 Å². The summed E-state index contributed by atoms with van der Waals surface area (Å²) < 4.78 is 32.2. The minimum Gasteiger partial charge on any atom is -0.381 e. The number of hydrogen-bond acceptors (Lipinski definition) is 14. The van der Waals surface area contributed by atoms with Crippen LogP contribution in [0.4, 0.5) is 0 Å². The molecule has 22 heteroatoms. The van der Waals surface area contributed by atoms with Crippen molar-refractivity contribution in [2.75, 3.05) is 66.1 Å². The minimum absolute atomic E-state index is 0.360. The zero-order valence-electron chi connectivity index (χ0n) is 57.0. The largest absolute Gasteiger partial charge is 0.381 e. The van der Waals surface area contributed by atoms with Crippen molar-refractivity contribution in [2.24, 2.45) is 12.8 Å². The Bertz CT molecular complexity index is 4520. The van der Waals surface area contributed by atoms with E-state index in [0.717, 1.165) is 223 Å². The van der Waals surface area contributed by atoms with Crippen LogP contribution in [-0.2, 0) is 30.7 Å². The number of imidazole rings is 4. The third-order valence-corrected chi connectivity index (χ3v) is 23.6. The Balaban J connectivity index is 0.0000000982. The number of rotatable bonds is 8. The SMILES string of the molecule is Cn1c(C2CCCCC2)nc2c3c(C4CCOCC4)c[nH]c3ncc21.NC1CCC(c2nc3c(cnc4[nH]cc(C5CCOCC5)c43)[nH]2)CC1.c1[nH]c2ncc3[nH]c(C4CCCCC4)nc3c2c1C1CCOCC1.c1[nH]c2ncc3nc(C4CCOCC4)cn3c2c1C1CCOCC1. The molecule has 0 radical (unpaired) electrons. The number of nitrogens with two attached hydrogens (primary N) is 1. The molecule has 0 aromatic carbocycles. The number of hydrogen-bond donors (Lipinski definition) is 7. The number of nitrogens with zero attached hydrogens (tertiary/aromatic N) is 10. The second-order valence-corrected chi connectivity index (χ2v) is 29.5. The molecule has 516 valence electrons. The summed E-state index contributed by atoms with van der Waals surface area (Å²) in [7, 11) is 2.16. The van der Waals surface area contributed by atoms with E-state index < -0.39 is 0 Å². The van der Waals surface area contributed by atoms with E-state index in [-0.39, 0.29) is 0 Å². The molecular weight excluding hydrogens is 1230 g/mol. The maximum Gasteiger partial charge on any atom is 0.156 e. The van der Waals surface area contributed by atoms with Crippen molar-refractivity contribution in [3.05, 3.63) is 101 Å². The molecule has 8 fully saturated rings. The molecule has 5 saturated heterocycles. The van der Waals surface area contributed by atoms with E-state index in [1.165, 1.54) is 125 Å². The van der Waals surface area contributed by atoms with Crippen LogP contribution < -0.4 is 5.73 Å². The summed E-state index contributed by atoms with van der Waals surface area (Å²) in [4.78, 5) is 59.2. The van der Waals surface area contributed by atoms with Crippen molar-refractivity contribution in [3.8, 4) is 0 Å². The first-order chi connectivity index (χ1) is 48.4. The van der Waals surface area contributed by atoms with Crippen LogP contribution in [0.5, 0.6) is 0 Å². The number of pyridine rings is 3. The van der Waals surface area contributed by atoms with Crippen LogP contribution in [0.3, 0.4) is 0 Å². The molecule has 5 aliphatic heterocycles. The van der Waals surface area contributed by atoms with Gasteiger partial charge in [0, 0.05) is 134 Å². The lowest BCUT2D eigenvalue weighted by atomic mass is 9.86. The molecule has 22 nitrogen and oxygen atoms in total. The van der Waals surface area contributed by atoms with Crippen molar-refractivity contribution < 1.29 is 23.7 Å². The van der Waals surface area contributed by atoms with Gasteiger partial charge in [0.1, 0.15) is 51.0 Å². The predicted molar refractivity (Wildman–Crippen MR) is 382 cm³/mol. The predicted octanol–water partition coefficient (Wildman–Crippen LogP) is 15.1. The fraction of sp³-hybridized carbons (Fsp3) is 0.579. The van der Waals surface area contributed by atoms with Gasteiger partial charge in [0.15, 0.2) is 11.3 Å². The Hall–Kier alpha value is -7.60. The van der Waals surface area contributed by atoms with Crippen LogP contribution >= 0.6 is 0 Å². The van der Waals surface area contributed by atoms with Crippen LogP contribution in [0.15, 0.2) is 55.8 Å². The molecule has 8 N–H and O–H groups in total. The lowest BCUT2D eigenvalue weighted by molar-refractivity contribution is 0.0846. The van der Waals surface area contributed by atoms with Crippen molar-refractivity contribution >= 4 is 83.0 Å². The summed E-state index contributed by atoms with van der Waals surface area (Å²) in [6.07, 6.45) is 46.8. The van der Waals surface area contributed by atoms with Gasteiger partial charge in [-0.1, -0.05) is 38.5 Å². The quantitative estimate of drug-likeness (QED) is 0.0745. The molecule has 0 unspecified atom stereocenters. The Kier molecular flexibility index (Phi) is 18.6. The molecule has 98 heavy (non-hydrogen) atoms. The number of aromatic nitrogens is 16. The van der Waals surface area contributed by atoms with Gasteiger partial charge in [0.2, 0.25) is 0 Å². The van der Waals surface area contributed by atoms with Gasteiger partial charge in [-0.2, -0.15) is 0 Å². The van der Waals surface area contributed by atoms with Gasteiger partial charge in [0.05, 0.1) is 68.7 Å². The van der Waals surface area contributed by atoms with E-state index in [1.54, 1.807) is 0 Å². The van der Waals surface area contributed by atoms with E-state index >= 15 is 0 Å². The number of aromatic amines is 6. The molecule has 20 rings (SSSR count). The molecule has 12 aromatic rings. The highest BCUT2D eigenvalue weighted by molar-refractivity contribution is 6.05. The topological polar surface area (TPSA) is 279 Å². The van der Waals surface area contributed by atoms with E-state index in [0.29, 0.717) is 53.4 Å². The van der Waals surface area contributed by atoms with Crippen molar-refractivity contribution in [2.45, 2.75) is 207 Å². The van der Waals surface area contributed by atoms with E-state index in [9.17, 15) is 0 Å². The van der Waals surface area contributed by atoms with Crippen LogP contribution in [0, 0.1) is 0 Å². The average molecular weight is 1330 g/mol. The van der Waals surface area contributed by atoms with Gasteiger partial charge in [-0.15, -0.1) is 0 Å². The molecule has 0 atom stereocenters. The number of fused-ring (bicyclic) bond motifs is 12. The molecule has 17 heterocycles. The lowest BCUT2D eigenvalue weighted by Crippen LogP contribution is -2.26. The highest BCUT2D eigenvalue weighted by Gasteiger charge is 2.31. The summed E-state index contributed by atoms with van der Waals surface area (Å²) in [5.41, 5.74) is 25.2. The fourth-order valence-electron chi connectivity index (χ4n) is 17.9. The molecule has 0 spiro atoms. The molecule has 0 amide bonds. The maximum absolute atomic E-state index is 6.06. The zero-order valence-corrected chi connectivity index (χ0v) is 57.0. The van der Waals surface area contributed by atoms with Gasteiger partial charge in [-0.05, 0) is 162 Å². The molecule has 12 aromatic heterocycles.